The molecule has 5 nitrogen and oxygen atoms in total. The molecule has 1 aromatic rings. The molecule has 2 aliphatic heterocycles. The monoisotopic (exact) mass is 344 g/mol. The second-order valence-electron chi connectivity index (χ2n) is 8.54. The van der Waals surface area contributed by atoms with Crippen molar-refractivity contribution in [1.82, 2.24) is 4.90 Å². The van der Waals surface area contributed by atoms with Gasteiger partial charge >= 0.3 is 6.09 Å². The number of hydrogen-bond donors (Lipinski definition) is 1. The number of nitrogens with one attached hydrogen (secondary N) is 1. The molecule has 2 atom stereocenters. The number of ketones is 1. The van der Waals surface area contributed by atoms with Crippen LogP contribution in [0.2, 0.25) is 0 Å². The Morgan fingerprint density at radius 2 is 2.04 bits per heavy atom. The molecule has 0 saturated carbocycles. The summed E-state index contributed by atoms with van der Waals surface area (Å²) in [7, 11) is 0. The van der Waals surface area contributed by atoms with E-state index in [1.807, 2.05) is 45.0 Å². The summed E-state index contributed by atoms with van der Waals surface area (Å²) < 4.78 is 5.60. The number of hydrogen-bond acceptors (Lipinski definition) is 4. The maximum Gasteiger partial charge on any atom is 0.410 e. The van der Waals surface area contributed by atoms with Gasteiger partial charge in [0.05, 0.1) is 6.04 Å². The first-order valence-corrected chi connectivity index (χ1v) is 9.06. The van der Waals surface area contributed by atoms with Crippen molar-refractivity contribution in [2.24, 2.45) is 5.92 Å². The van der Waals surface area contributed by atoms with E-state index in [1.165, 1.54) is 0 Å². The third-order valence-electron chi connectivity index (χ3n) is 4.95. The Morgan fingerprint density at radius 3 is 2.64 bits per heavy atom. The average Bonchev–Trinajstić information content (AvgIpc) is 2.98. The van der Waals surface area contributed by atoms with Gasteiger partial charge in [0.15, 0.2) is 5.78 Å². The van der Waals surface area contributed by atoms with Gasteiger partial charge in [-0.1, -0.05) is 26.0 Å². The number of carbonyl (C=O) groups excluding carboxylic acids is 2. The van der Waals surface area contributed by atoms with E-state index in [1.54, 1.807) is 4.90 Å². The van der Waals surface area contributed by atoms with Crippen molar-refractivity contribution in [2.75, 3.05) is 11.9 Å². The van der Waals surface area contributed by atoms with Gasteiger partial charge in [0, 0.05) is 17.8 Å². The fourth-order valence-corrected chi connectivity index (χ4v) is 3.94. The van der Waals surface area contributed by atoms with Gasteiger partial charge in [-0.15, -0.1) is 0 Å². The second kappa shape index (κ2) is 6.04. The lowest BCUT2D eigenvalue weighted by atomic mass is 9.82. The van der Waals surface area contributed by atoms with Crippen LogP contribution in [0.4, 0.5) is 10.5 Å². The Labute approximate surface area is 149 Å². The quantitative estimate of drug-likeness (QED) is 0.878. The number of para-hydroxylation sites is 1. The molecular formula is C20H28N2O3. The van der Waals surface area contributed by atoms with Gasteiger partial charge in [0.25, 0.3) is 0 Å². The number of ether oxygens (including phenoxy) is 1. The number of nitrogens with zero attached hydrogens (tertiary/aromatic N) is 1. The highest BCUT2D eigenvalue weighted by Gasteiger charge is 2.58. The van der Waals surface area contributed by atoms with Gasteiger partial charge in [-0.25, -0.2) is 4.79 Å². The van der Waals surface area contributed by atoms with Crippen LogP contribution in [-0.2, 0) is 4.74 Å². The lowest BCUT2D eigenvalue weighted by Crippen LogP contribution is -2.55. The molecule has 1 spiro atoms. The van der Waals surface area contributed by atoms with Gasteiger partial charge in [-0.3, -0.25) is 4.79 Å². The molecule has 5 heteroatoms. The highest BCUT2D eigenvalue weighted by atomic mass is 16.6. The van der Waals surface area contributed by atoms with Crippen LogP contribution in [0.15, 0.2) is 24.3 Å². The molecule has 0 bridgehead atoms. The molecule has 2 heterocycles. The van der Waals surface area contributed by atoms with Crippen molar-refractivity contribution in [3.8, 4) is 0 Å². The minimum atomic E-state index is -0.731. The molecule has 1 N–H and O–H groups in total. The van der Waals surface area contributed by atoms with Crippen LogP contribution in [-0.4, -0.2) is 40.5 Å². The van der Waals surface area contributed by atoms with Crippen LogP contribution in [0.3, 0.4) is 0 Å². The van der Waals surface area contributed by atoms with E-state index in [2.05, 4.69) is 19.2 Å². The molecule has 25 heavy (non-hydrogen) atoms. The maximum atomic E-state index is 13.2. The Balaban J connectivity index is 1.93. The first kappa shape index (κ1) is 17.8. The minimum Gasteiger partial charge on any atom is -0.444 e. The van der Waals surface area contributed by atoms with Gasteiger partial charge in [0.2, 0.25) is 0 Å². The fourth-order valence-electron chi connectivity index (χ4n) is 3.94. The summed E-state index contributed by atoms with van der Waals surface area (Å²) in [5.74, 6) is 0.461. The summed E-state index contributed by atoms with van der Waals surface area (Å²) in [6, 6.07) is 7.40. The number of anilines is 1. The molecule has 136 valence electrons. The van der Waals surface area contributed by atoms with Crippen molar-refractivity contribution in [3.63, 3.8) is 0 Å². The van der Waals surface area contributed by atoms with E-state index in [-0.39, 0.29) is 17.9 Å². The number of rotatable bonds is 2. The smallest absolute Gasteiger partial charge is 0.410 e. The molecule has 1 aromatic carbocycles. The molecule has 1 saturated heterocycles. The lowest BCUT2D eigenvalue weighted by Gasteiger charge is -2.36. The van der Waals surface area contributed by atoms with E-state index in [0.29, 0.717) is 18.9 Å². The Morgan fingerprint density at radius 1 is 1.36 bits per heavy atom. The van der Waals surface area contributed by atoms with E-state index in [0.717, 1.165) is 17.7 Å². The van der Waals surface area contributed by atoms with E-state index in [4.69, 9.17) is 4.74 Å². The number of carbonyl (C=O) groups is 2. The molecule has 3 rings (SSSR count). The van der Waals surface area contributed by atoms with Crippen molar-refractivity contribution in [1.29, 1.82) is 0 Å². The molecule has 2 aliphatic rings. The Bertz CT molecular complexity index is 692. The van der Waals surface area contributed by atoms with Crippen molar-refractivity contribution < 1.29 is 14.3 Å². The third kappa shape index (κ3) is 3.12. The van der Waals surface area contributed by atoms with Crippen LogP contribution >= 0.6 is 0 Å². The van der Waals surface area contributed by atoms with Crippen molar-refractivity contribution >= 4 is 17.6 Å². The minimum absolute atomic E-state index is 0.0970. The summed E-state index contributed by atoms with van der Waals surface area (Å²) >= 11 is 0. The second-order valence-corrected chi connectivity index (χ2v) is 8.54. The van der Waals surface area contributed by atoms with Crippen LogP contribution in [0.5, 0.6) is 0 Å². The van der Waals surface area contributed by atoms with E-state index < -0.39 is 11.1 Å². The van der Waals surface area contributed by atoms with Gasteiger partial charge in [0.1, 0.15) is 11.1 Å². The largest absolute Gasteiger partial charge is 0.444 e. The topological polar surface area (TPSA) is 58.6 Å². The van der Waals surface area contributed by atoms with Gasteiger partial charge in [-0.2, -0.15) is 0 Å². The summed E-state index contributed by atoms with van der Waals surface area (Å²) in [5.41, 5.74) is 0.311. The zero-order valence-corrected chi connectivity index (χ0v) is 15.8. The van der Waals surface area contributed by atoms with Gasteiger partial charge < -0.3 is 15.0 Å². The number of fused-ring (bicyclic) bond motifs is 1. The SMILES string of the molecule is CC(C)C[C@@H]1N(C(=O)OC(C)(C)C)CC[C@]12Nc1ccccc1C2=O. The van der Waals surface area contributed by atoms with Crippen LogP contribution in [0, 0.1) is 5.92 Å². The predicted octanol–water partition coefficient (Wildman–Crippen LogP) is 4.09. The number of amides is 1. The molecule has 1 amide bonds. The maximum absolute atomic E-state index is 13.2. The summed E-state index contributed by atoms with van der Waals surface area (Å²) in [6.07, 6.45) is 1.03. The Kier molecular flexibility index (Phi) is 4.30. The molecule has 0 aliphatic carbocycles. The van der Waals surface area contributed by atoms with Crippen LogP contribution in [0.25, 0.3) is 0 Å². The van der Waals surface area contributed by atoms with Gasteiger partial charge in [-0.05, 0) is 51.7 Å². The number of likely N-dealkylation sites (tertiary alicyclic amines) is 1. The predicted molar refractivity (Wildman–Crippen MR) is 97.9 cm³/mol. The fraction of sp³-hybridized carbons (Fsp3) is 0.600. The van der Waals surface area contributed by atoms with Crippen molar-refractivity contribution in [2.45, 2.75) is 64.6 Å². The van der Waals surface area contributed by atoms with Crippen molar-refractivity contribution in [3.05, 3.63) is 29.8 Å². The van der Waals surface area contributed by atoms with E-state index >= 15 is 0 Å². The highest BCUT2D eigenvalue weighted by Crippen LogP contribution is 2.44. The zero-order valence-electron chi connectivity index (χ0n) is 15.8. The zero-order chi connectivity index (χ0) is 18.4. The van der Waals surface area contributed by atoms with Crippen LogP contribution in [0.1, 0.15) is 57.8 Å². The molecule has 0 unspecified atom stereocenters. The van der Waals surface area contributed by atoms with E-state index in [9.17, 15) is 9.59 Å². The summed E-state index contributed by atoms with van der Waals surface area (Å²) in [6.45, 7) is 10.4. The molecular weight excluding hydrogens is 316 g/mol. The first-order valence-electron chi connectivity index (χ1n) is 9.06. The molecule has 1 fully saturated rings. The number of Topliss-reactive ketones (excluding diaryl/α,β-unsaturated/α-hetero) is 1. The highest BCUT2D eigenvalue weighted by molar-refractivity contribution is 6.14. The summed E-state index contributed by atoms with van der Waals surface area (Å²) in [4.78, 5) is 27.7. The normalized spacial score (nSPS) is 25.4. The lowest BCUT2D eigenvalue weighted by molar-refractivity contribution is 0.0189. The molecule has 0 aromatic heterocycles. The molecule has 0 radical (unpaired) electrons. The third-order valence-corrected chi connectivity index (χ3v) is 4.95. The number of benzene rings is 1. The van der Waals surface area contributed by atoms with Crippen LogP contribution < -0.4 is 5.32 Å². The first-order chi connectivity index (χ1) is 11.6. The average molecular weight is 344 g/mol. The summed E-state index contributed by atoms with van der Waals surface area (Å²) in [5, 5.41) is 3.46. The Hall–Kier alpha value is -2.04. The standard InChI is InChI=1S/C20H28N2O3/c1-13(2)12-16-20(10-11-22(16)18(24)25-19(3,4)5)17(23)14-8-6-7-9-15(14)21-20/h6-9,13,16,21H,10-12H2,1-5H3/t16-,20-/m0/s1.